The monoisotopic (exact) mass is 208 g/mol. The van der Waals surface area contributed by atoms with E-state index < -0.39 is 5.97 Å². The van der Waals surface area contributed by atoms with Crippen LogP contribution in [0.4, 0.5) is 0 Å². The maximum absolute atomic E-state index is 11.2. The summed E-state index contributed by atoms with van der Waals surface area (Å²) in [6.45, 7) is 6.72. The summed E-state index contributed by atoms with van der Waals surface area (Å²) in [5.41, 5.74) is 0.883. The summed E-state index contributed by atoms with van der Waals surface area (Å²) in [4.78, 5) is 11.2. The molecule has 0 heterocycles. The smallest absolute Gasteiger partial charge is 0.331 e. The summed E-state index contributed by atoms with van der Waals surface area (Å²) in [7, 11) is 0. The third-order valence-corrected chi connectivity index (χ3v) is 4.63. The highest BCUT2D eigenvalue weighted by Crippen LogP contribution is 2.59. The first kappa shape index (κ1) is 10.7. The van der Waals surface area contributed by atoms with E-state index in [9.17, 15) is 9.90 Å². The number of carboxylic acid groups (broad SMARTS) is 1. The Morgan fingerprint density at radius 2 is 2.07 bits per heavy atom. The molecule has 0 unspecified atom stereocenters. The molecule has 0 radical (unpaired) electrons. The molecule has 1 N–H and O–H groups in total. The number of hydrogen-bond acceptors (Lipinski definition) is 1. The SMILES string of the molecule is CC1(C)CCC[C@]2(C)C(C(=O)O)=CC[C@H]12. The van der Waals surface area contributed by atoms with Crippen LogP contribution in [0.25, 0.3) is 0 Å². The first-order valence-electron chi connectivity index (χ1n) is 5.82. The van der Waals surface area contributed by atoms with Crippen molar-refractivity contribution in [1.82, 2.24) is 0 Å². The Morgan fingerprint density at radius 1 is 1.40 bits per heavy atom. The van der Waals surface area contributed by atoms with E-state index >= 15 is 0 Å². The van der Waals surface area contributed by atoms with Gasteiger partial charge in [0.1, 0.15) is 0 Å². The molecule has 0 aromatic carbocycles. The molecule has 1 saturated carbocycles. The molecule has 0 amide bonds. The number of carbonyl (C=O) groups is 1. The number of aliphatic carboxylic acids is 1. The van der Waals surface area contributed by atoms with Gasteiger partial charge >= 0.3 is 5.97 Å². The van der Waals surface area contributed by atoms with E-state index in [1.807, 2.05) is 6.08 Å². The van der Waals surface area contributed by atoms with Crippen LogP contribution in [-0.4, -0.2) is 11.1 Å². The van der Waals surface area contributed by atoms with Crippen LogP contribution in [0.5, 0.6) is 0 Å². The van der Waals surface area contributed by atoms with Crippen molar-refractivity contribution in [2.24, 2.45) is 16.7 Å². The highest BCUT2D eigenvalue weighted by atomic mass is 16.4. The van der Waals surface area contributed by atoms with Gasteiger partial charge in [-0.05, 0) is 30.6 Å². The molecule has 2 heteroatoms. The lowest BCUT2D eigenvalue weighted by Crippen LogP contribution is -2.41. The van der Waals surface area contributed by atoms with Gasteiger partial charge in [0.15, 0.2) is 0 Å². The van der Waals surface area contributed by atoms with Gasteiger partial charge in [-0.2, -0.15) is 0 Å². The Bertz CT molecular complexity index is 327. The van der Waals surface area contributed by atoms with Crippen LogP contribution in [0.2, 0.25) is 0 Å². The molecule has 0 saturated heterocycles. The molecule has 0 bridgehead atoms. The summed E-state index contributed by atoms with van der Waals surface area (Å²) in [6.07, 6.45) is 6.34. The predicted octanol–water partition coefficient (Wildman–Crippen LogP) is 3.23. The average molecular weight is 208 g/mol. The van der Waals surface area contributed by atoms with Crippen molar-refractivity contribution in [2.75, 3.05) is 0 Å². The van der Waals surface area contributed by atoms with Crippen molar-refractivity contribution < 1.29 is 9.90 Å². The molecule has 2 atom stereocenters. The normalized spacial score (nSPS) is 38.3. The van der Waals surface area contributed by atoms with E-state index in [0.717, 1.165) is 19.3 Å². The Morgan fingerprint density at radius 3 is 2.67 bits per heavy atom. The molecular weight excluding hydrogens is 188 g/mol. The highest BCUT2D eigenvalue weighted by molar-refractivity contribution is 5.89. The zero-order valence-corrected chi connectivity index (χ0v) is 9.84. The summed E-state index contributed by atoms with van der Waals surface area (Å²) in [5.74, 6) is -0.192. The number of hydrogen-bond donors (Lipinski definition) is 1. The summed E-state index contributed by atoms with van der Waals surface area (Å²) < 4.78 is 0. The fourth-order valence-corrected chi connectivity index (χ4v) is 3.82. The fraction of sp³-hybridized carbons (Fsp3) is 0.769. The maximum atomic E-state index is 11.2. The first-order chi connectivity index (χ1) is 6.88. The second kappa shape index (κ2) is 3.10. The molecule has 0 aromatic rings. The minimum absolute atomic E-state index is 0.0758. The predicted molar refractivity (Wildman–Crippen MR) is 59.6 cm³/mol. The van der Waals surface area contributed by atoms with E-state index in [0.29, 0.717) is 16.9 Å². The van der Waals surface area contributed by atoms with Crippen LogP contribution in [0.15, 0.2) is 11.6 Å². The zero-order valence-electron chi connectivity index (χ0n) is 9.84. The van der Waals surface area contributed by atoms with Crippen LogP contribution in [0.1, 0.15) is 46.5 Å². The Balaban J connectivity index is 2.36. The van der Waals surface area contributed by atoms with E-state index in [1.165, 1.54) is 6.42 Å². The van der Waals surface area contributed by atoms with Gasteiger partial charge in [-0.25, -0.2) is 4.79 Å². The van der Waals surface area contributed by atoms with Crippen LogP contribution in [0.3, 0.4) is 0 Å². The van der Waals surface area contributed by atoms with Crippen molar-refractivity contribution in [3.05, 3.63) is 11.6 Å². The van der Waals surface area contributed by atoms with Gasteiger partial charge in [0.25, 0.3) is 0 Å². The summed E-state index contributed by atoms with van der Waals surface area (Å²) >= 11 is 0. The average Bonchev–Trinajstić information content (AvgIpc) is 2.42. The first-order valence-corrected chi connectivity index (χ1v) is 5.82. The van der Waals surface area contributed by atoms with Gasteiger partial charge in [-0.15, -0.1) is 0 Å². The second-order valence-corrected chi connectivity index (χ2v) is 5.97. The van der Waals surface area contributed by atoms with Gasteiger partial charge < -0.3 is 5.11 Å². The molecule has 0 spiro atoms. The van der Waals surface area contributed by atoms with Crippen molar-refractivity contribution in [1.29, 1.82) is 0 Å². The standard InChI is InChI=1S/C13H20O2/c1-12(2)7-4-8-13(3)9(11(14)15)5-6-10(12)13/h5,10H,4,6-8H2,1-3H3,(H,14,15)/t10-,13-/m1/s1. The van der Waals surface area contributed by atoms with Crippen molar-refractivity contribution in [2.45, 2.75) is 46.5 Å². The Labute approximate surface area is 91.4 Å². The number of carboxylic acids is 1. The summed E-state index contributed by atoms with van der Waals surface area (Å²) in [5, 5.41) is 9.22. The zero-order chi connectivity index (χ0) is 11.3. The van der Waals surface area contributed by atoms with Crippen LogP contribution in [-0.2, 0) is 4.79 Å². The number of fused-ring (bicyclic) bond motifs is 1. The lowest BCUT2D eigenvalue weighted by atomic mass is 9.56. The number of allylic oxidation sites excluding steroid dienone is 1. The highest BCUT2D eigenvalue weighted by Gasteiger charge is 2.52. The van der Waals surface area contributed by atoms with Crippen LogP contribution >= 0.6 is 0 Å². The van der Waals surface area contributed by atoms with Crippen molar-refractivity contribution in [3.8, 4) is 0 Å². The molecule has 0 aromatic heterocycles. The minimum atomic E-state index is -0.710. The topological polar surface area (TPSA) is 37.3 Å². The molecule has 1 fully saturated rings. The van der Waals surface area contributed by atoms with Gasteiger partial charge in [-0.3, -0.25) is 0 Å². The van der Waals surface area contributed by atoms with Crippen molar-refractivity contribution >= 4 is 5.97 Å². The molecule has 2 nitrogen and oxygen atoms in total. The molecule has 84 valence electrons. The van der Waals surface area contributed by atoms with E-state index in [1.54, 1.807) is 0 Å². The van der Waals surface area contributed by atoms with Gasteiger partial charge in [0.05, 0.1) is 0 Å². The van der Waals surface area contributed by atoms with Crippen molar-refractivity contribution in [3.63, 3.8) is 0 Å². The van der Waals surface area contributed by atoms with E-state index in [2.05, 4.69) is 20.8 Å². The fourth-order valence-electron chi connectivity index (χ4n) is 3.82. The largest absolute Gasteiger partial charge is 0.478 e. The van der Waals surface area contributed by atoms with E-state index in [-0.39, 0.29) is 5.41 Å². The Kier molecular flexibility index (Phi) is 2.21. The minimum Gasteiger partial charge on any atom is -0.478 e. The third kappa shape index (κ3) is 1.42. The van der Waals surface area contributed by atoms with Crippen LogP contribution in [0, 0.1) is 16.7 Å². The Hall–Kier alpha value is -0.790. The lowest BCUT2D eigenvalue weighted by molar-refractivity contribution is -0.134. The molecule has 2 aliphatic carbocycles. The number of rotatable bonds is 1. The van der Waals surface area contributed by atoms with Crippen LogP contribution < -0.4 is 0 Å². The lowest BCUT2D eigenvalue weighted by Gasteiger charge is -2.48. The van der Waals surface area contributed by atoms with Gasteiger partial charge in [0, 0.05) is 11.0 Å². The molecule has 2 rings (SSSR count). The molecule has 2 aliphatic rings. The quantitative estimate of drug-likeness (QED) is 0.718. The molecule has 0 aliphatic heterocycles. The van der Waals surface area contributed by atoms with Gasteiger partial charge in [-0.1, -0.05) is 33.3 Å². The third-order valence-electron chi connectivity index (χ3n) is 4.63. The maximum Gasteiger partial charge on any atom is 0.331 e. The summed E-state index contributed by atoms with van der Waals surface area (Å²) in [6, 6.07) is 0. The molecule has 15 heavy (non-hydrogen) atoms. The molecular formula is C13H20O2. The van der Waals surface area contributed by atoms with Gasteiger partial charge in [0.2, 0.25) is 0 Å². The second-order valence-electron chi connectivity index (χ2n) is 5.97. The van der Waals surface area contributed by atoms with E-state index in [4.69, 9.17) is 0 Å².